The molecule has 6 heteroatoms. The number of hydrogen-bond acceptors (Lipinski definition) is 0. The molecule has 0 aliphatic rings. The van der Waals surface area contributed by atoms with E-state index in [0.29, 0.717) is 11.6 Å². The monoisotopic (exact) mass is 560 g/mol. The molecule has 0 aromatic heterocycles. The molecule has 0 nitrogen and oxygen atoms in total. The van der Waals surface area contributed by atoms with Crippen molar-refractivity contribution in [2.45, 2.75) is 13.8 Å². The van der Waals surface area contributed by atoms with Crippen LogP contribution in [0.3, 0.4) is 0 Å². The van der Waals surface area contributed by atoms with E-state index in [2.05, 4.69) is 0 Å². The molecule has 0 saturated carbocycles. The van der Waals surface area contributed by atoms with Crippen LogP contribution >= 0.6 is 0 Å². The second-order valence-electron chi connectivity index (χ2n) is 4.80. The number of hydrogen-bond donors (Lipinski definition) is 0. The van der Waals surface area contributed by atoms with E-state index < -0.39 is 18.8 Å². The van der Waals surface area contributed by atoms with Crippen LogP contribution in [0.5, 0.6) is 0 Å². The molecule has 0 heterocycles. The minimum atomic E-state index is -2.35. The van der Waals surface area contributed by atoms with Crippen LogP contribution < -0.4 is 6.07 Å². The molecule has 125 valence electrons. The minimum absolute atomic E-state index is 0.178. The Kier molecular flexibility index (Phi) is 4.35. The van der Waals surface area contributed by atoms with Crippen LogP contribution in [-0.2, 0) is 0 Å². The summed E-state index contributed by atoms with van der Waals surface area (Å²) in [6, 6.07) is 9.97. The molecule has 0 spiro atoms. The second kappa shape index (κ2) is 6.22. The van der Waals surface area contributed by atoms with E-state index in [1.807, 2.05) is 0 Å². The summed E-state index contributed by atoms with van der Waals surface area (Å²) in [5.74, 6) is -1.54. The van der Waals surface area contributed by atoms with Gasteiger partial charge in [0.1, 0.15) is 0 Å². The van der Waals surface area contributed by atoms with Crippen molar-refractivity contribution < 1.29 is 22.0 Å². The molecule has 2 rings (SSSR count). The first kappa shape index (κ1) is 16.1. The van der Waals surface area contributed by atoms with Crippen LogP contribution in [0.1, 0.15) is 16.7 Å². The third-order valence-corrected chi connectivity index (χ3v) is 5.33. The van der Waals surface area contributed by atoms with Crippen molar-refractivity contribution in [2.24, 2.45) is 0 Å². The maximum absolute atomic E-state index is 13.3. The summed E-state index contributed by atoms with van der Waals surface area (Å²) in [6.07, 6.45) is -2.35. The summed E-state index contributed by atoms with van der Waals surface area (Å²) >= 11 is 0. The Morgan fingerprint density at radius 2 is 1.35 bits per heavy atom. The average molecular weight is 562 g/mol. The van der Waals surface area contributed by atoms with Gasteiger partial charge in [-0.3, -0.25) is 0 Å². The Hall–Kier alpha value is -3.30. The fourth-order valence-electron chi connectivity index (χ4n) is 2.24. The van der Waals surface area contributed by atoms with Gasteiger partial charge in [-0.2, -0.15) is 0 Å². The zero-order chi connectivity index (χ0) is 17.1. The number of rotatable bonds is 3. The Labute approximate surface area is 125 Å². The van der Waals surface area contributed by atoms with E-state index in [1.165, 1.54) is 12.1 Å². The second-order valence-corrected chi connectivity index (χ2v) is 7.97. The third-order valence-electron chi connectivity index (χ3n) is 3.26. The molecule has 2 aromatic rings. The molecule has 0 atom stereocenters. The molecule has 0 unspecified atom stereocenters. The average Bonchev–Trinajstić information content (AvgIpc) is 2.46. The SMILES string of the molecule is Cc1c[c]([Cf]=[C](F)F)ccc1-c1ccc(C(F)=C(F)F)cc1C. The first-order valence-electron chi connectivity index (χ1n) is 6.49. The van der Waals surface area contributed by atoms with Gasteiger partial charge in [0.15, 0.2) is 0 Å². The number of aryl methyl sites for hydroxylation is 2. The van der Waals surface area contributed by atoms with Crippen LogP contribution in [0.15, 0.2) is 42.5 Å². The van der Waals surface area contributed by atoms with E-state index in [4.69, 9.17) is 0 Å². The van der Waals surface area contributed by atoms with Crippen molar-refractivity contribution in [3.63, 3.8) is 0 Å². The molecule has 0 saturated heterocycles. The summed E-state index contributed by atoms with van der Waals surface area (Å²) in [5.41, 5.74) is 2.86. The Morgan fingerprint density at radius 3 is 1.83 bits per heavy atom. The van der Waals surface area contributed by atoms with Crippen LogP contribution in [0.25, 0.3) is 17.0 Å². The summed E-state index contributed by atoms with van der Waals surface area (Å²) in [6.45, 7) is 1.99. The predicted molar refractivity (Wildman–Crippen MR) is 78.5 cm³/mol. The summed E-state index contributed by atoms with van der Waals surface area (Å²) in [7, 11) is 0. The van der Waals surface area contributed by atoms with Crippen molar-refractivity contribution >= 4 is 18.8 Å². The Morgan fingerprint density at radius 1 is 0.783 bits per heavy atom. The van der Waals surface area contributed by atoms with Gasteiger partial charge < -0.3 is 0 Å². The summed E-state index contributed by atoms with van der Waals surface area (Å²) < 4.78 is 61.0. The molecule has 2 aromatic carbocycles. The van der Waals surface area contributed by atoms with E-state index in [-0.39, 0.29) is 5.56 Å². The fourth-order valence-corrected chi connectivity index (χ4v) is 4.01. The Balaban J connectivity index is 2.47. The van der Waals surface area contributed by atoms with Gasteiger partial charge in [0.2, 0.25) is 0 Å². The molecular formula is C17H12CfF5. The fraction of sp³-hybridized carbons (Fsp3) is 0.118. The Bertz CT molecular complexity index is 801. The molecular weight excluding hydrogens is 550 g/mol. The van der Waals surface area contributed by atoms with E-state index in [1.54, 1.807) is 38.1 Å². The van der Waals surface area contributed by atoms with Gasteiger partial charge in [0.25, 0.3) is 0 Å². The quantitative estimate of drug-likeness (QED) is 0.450. The first-order chi connectivity index (χ1) is 10.8. The third kappa shape index (κ3) is 3.48. The number of halogens is 5. The van der Waals surface area contributed by atoms with Crippen molar-refractivity contribution in [3.05, 3.63) is 59.2 Å². The zero-order valence-electron chi connectivity index (χ0n) is 12.2. The van der Waals surface area contributed by atoms with Gasteiger partial charge >= 0.3 is 125 Å². The van der Waals surface area contributed by atoms with Gasteiger partial charge in [-0.1, -0.05) is 0 Å². The van der Waals surface area contributed by atoms with Crippen LogP contribution in [0.4, 0.5) is 22.0 Å². The van der Waals surface area contributed by atoms with E-state index in [9.17, 15) is 22.0 Å². The first-order valence-corrected chi connectivity index (χ1v) is 9.12. The molecule has 0 radical (unpaired) electrons. The van der Waals surface area contributed by atoms with E-state index in [0.717, 1.165) is 16.7 Å². The number of benzene rings is 2. The summed E-state index contributed by atoms with van der Waals surface area (Å²) in [4.78, 5) is 0. The standard InChI is InChI=1S/C16H12F3.CF2.Cf/c1-10-5-3-4-6-13(10)14-8-7-12(9-11(14)2)15(17)16(18)19;2-1-3;/h4-9H,1-2H3;;. The molecule has 23 heavy (non-hydrogen) atoms. The molecule has 0 aliphatic heterocycles. The molecule has 0 aliphatic carbocycles. The molecule has 0 amide bonds. The van der Waals surface area contributed by atoms with Gasteiger partial charge in [-0.25, -0.2) is 0 Å². The zero-order valence-corrected chi connectivity index (χ0v) is 14.8. The van der Waals surface area contributed by atoms with Crippen molar-refractivity contribution in [1.82, 2.24) is 0 Å². The van der Waals surface area contributed by atoms with Crippen molar-refractivity contribution in [1.29, 1.82) is 0 Å². The van der Waals surface area contributed by atoms with Crippen molar-refractivity contribution in [2.75, 3.05) is 0 Å². The van der Waals surface area contributed by atoms with Gasteiger partial charge in [0.05, 0.1) is 0 Å². The van der Waals surface area contributed by atoms with Crippen LogP contribution in [-0.4, -0.2) is 6.93 Å². The summed E-state index contributed by atoms with van der Waals surface area (Å²) in [5, 5.41) is 0. The van der Waals surface area contributed by atoms with Crippen LogP contribution in [0, 0.1) is 13.8 Å². The molecule has 0 bridgehead atoms. The van der Waals surface area contributed by atoms with Gasteiger partial charge in [-0.15, -0.1) is 0 Å². The van der Waals surface area contributed by atoms with Crippen molar-refractivity contribution in [3.8, 4) is 11.1 Å². The van der Waals surface area contributed by atoms with Crippen LogP contribution in [0.2, 0.25) is 0 Å². The maximum atomic E-state index is 13.3. The molecule has 0 N–H and O–H groups in total. The van der Waals surface area contributed by atoms with Gasteiger partial charge in [-0.05, 0) is 0 Å². The molecule has 0 fully saturated rings. The predicted octanol–water partition coefficient (Wildman–Crippen LogP) is 5.24. The van der Waals surface area contributed by atoms with Gasteiger partial charge in [0, 0.05) is 0 Å². The normalized spacial score (nSPS) is 10.2. The van der Waals surface area contributed by atoms with E-state index >= 15 is 0 Å². The topological polar surface area (TPSA) is 0 Å².